The summed E-state index contributed by atoms with van der Waals surface area (Å²) in [5.74, 6) is 0.883. The van der Waals surface area contributed by atoms with Gasteiger partial charge >= 0.3 is 0 Å². The molecular formula is C17H23NO2. The Morgan fingerprint density at radius 2 is 2.10 bits per heavy atom. The molecule has 0 saturated heterocycles. The van der Waals surface area contributed by atoms with Crippen molar-refractivity contribution < 1.29 is 9.15 Å². The summed E-state index contributed by atoms with van der Waals surface area (Å²) in [5.41, 5.74) is 4.04. The van der Waals surface area contributed by atoms with E-state index in [2.05, 4.69) is 37.4 Å². The first-order valence-corrected chi connectivity index (χ1v) is 7.12. The van der Waals surface area contributed by atoms with E-state index < -0.39 is 0 Å². The number of hydrogen-bond acceptors (Lipinski definition) is 3. The Bertz CT molecular complexity index is 506. The van der Waals surface area contributed by atoms with Gasteiger partial charge in [-0.1, -0.05) is 23.8 Å². The van der Waals surface area contributed by atoms with E-state index in [1.807, 2.05) is 12.1 Å². The Labute approximate surface area is 121 Å². The third-order valence-corrected chi connectivity index (χ3v) is 3.28. The molecule has 1 aromatic carbocycles. The summed E-state index contributed by atoms with van der Waals surface area (Å²) in [6, 6.07) is 10.4. The highest BCUT2D eigenvalue weighted by Gasteiger charge is 1.98. The standard InChI is InChI=1S/C17H23NO2/c1-14-6-7-16(15(2)11-14)12-18-8-4-9-19-13-17-5-3-10-20-17/h3,5-7,10-11,18H,4,8-9,12-13H2,1-2H3. The zero-order valence-electron chi connectivity index (χ0n) is 12.3. The van der Waals surface area contributed by atoms with Crippen LogP contribution in [0.4, 0.5) is 0 Å². The van der Waals surface area contributed by atoms with E-state index in [4.69, 9.17) is 9.15 Å². The van der Waals surface area contributed by atoms with Crippen molar-refractivity contribution in [2.45, 2.75) is 33.4 Å². The van der Waals surface area contributed by atoms with Crippen molar-refractivity contribution in [1.82, 2.24) is 5.32 Å². The van der Waals surface area contributed by atoms with Gasteiger partial charge in [0.2, 0.25) is 0 Å². The van der Waals surface area contributed by atoms with Gasteiger partial charge in [0.15, 0.2) is 0 Å². The van der Waals surface area contributed by atoms with Crippen LogP contribution in [0.2, 0.25) is 0 Å². The third kappa shape index (κ3) is 4.83. The van der Waals surface area contributed by atoms with Gasteiger partial charge in [-0.15, -0.1) is 0 Å². The zero-order chi connectivity index (χ0) is 14.2. The van der Waals surface area contributed by atoms with Gasteiger partial charge in [-0.2, -0.15) is 0 Å². The number of nitrogens with one attached hydrogen (secondary N) is 1. The summed E-state index contributed by atoms with van der Waals surface area (Å²) in [4.78, 5) is 0. The maximum Gasteiger partial charge on any atom is 0.129 e. The van der Waals surface area contributed by atoms with Crippen LogP contribution in [-0.2, 0) is 17.9 Å². The molecule has 0 atom stereocenters. The van der Waals surface area contributed by atoms with E-state index in [1.54, 1.807) is 6.26 Å². The van der Waals surface area contributed by atoms with Crippen LogP contribution < -0.4 is 5.32 Å². The summed E-state index contributed by atoms with van der Waals surface area (Å²) in [7, 11) is 0. The molecule has 0 spiro atoms. The van der Waals surface area contributed by atoms with Crippen molar-refractivity contribution in [1.29, 1.82) is 0 Å². The molecule has 108 valence electrons. The molecule has 0 saturated carbocycles. The largest absolute Gasteiger partial charge is 0.467 e. The van der Waals surface area contributed by atoms with Gasteiger partial charge < -0.3 is 14.5 Å². The van der Waals surface area contributed by atoms with Gasteiger partial charge in [0, 0.05) is 13.2 Å². The summed E-state index contributed by atoms with van der Waals surface area (Å²) in [5, 5.41) is 3.45. The minimum absolute atomic E-state index is 0.560. The second-order valence-corrected chi connectivity index (χ2v) is 5.09. The topological polar surface area (TPSA) is 34.4 Å². The minimum Gasteiger partial charge on any atom is -0.467 e. The number of hydrogen-bond donors (Lipinski definition) is 1. The summed E-state index contributed by atoms with van der Waals surface area (Å²) >= 11 is 0. The Hall–Kier alpha value is -1.58. The third-order valence-electron chi connectivity index (χ3n) is 3.28. The van der Waals surface area contributed by atoms with E-state index >= 15 is 0 Å². The molecule has 20 heavy (non-hydrogen) atoms. The lowest BCUT2D eigenvalue weighted by molar-refractivity contribution is 0.104. The maximum atomic E-state index is 5.54. The molecule has 0 fully saturated rings. The van der Waals surface area contributed by atoms with E-state index in [1.165, 1.54) is 16.7 Å². The first-order valence-electron chi connectivity index (χ1n) is 7.12. The van der Waals surface area contributed by atoms with Gasteiger partial charge in [0.1, 0.15) is 12.4 Å². The molecule has 1 N–H and O–H groups in total. The number of rotatable bonds is 8. The summed E-state index contributed by atoms with van der Waals surface area (Å²) in [6.45, 7) is 7.48. The van der Waals surface area contributed by atoms with Gasteiger partial charge in [0.05, 0.1) is 6.26 Å². The molecular weight excluding hydrogens is 250 g/mol. The molecule has 3 heteroatoms. The molecule has 2 rings (SSSR count). The van der Waals surface area contributed by atoms with Crippen molar-refractivity contribution in [2.24, 2.45) is 0 Å². The van der Waals surface area contributed by atoms with Crippen LogP contribution in [0.5, 0.6) is 0 Å². The molecule has 0 radical (unpaired) electrons. The zero-order valence-corrected chi connectivity index (χ0v) is 12.3. The Morgan fingerprint density at radius 3 is 2.85 bits per heavy atom. The van der Waals surface area contributed by atoms with E-state index in [9.17, 15) is 0 Å². The number of benzene rings is 1. The van der Waals surface area contributed by atoms with E-state index in [0.29, 0.717) is 6.61 Å². The quantitative estimate of drug-likeness (QED) is 0.746. The molecule has 0 aliphatic carbocycles. The van der Waals surface area contributed by atoms with Gasteiger partial charge in [-0.3, -0.25) is 0 Å². The summed E-state index contributed by atoms with van der Waals surface area (Å²) in [6.07, 6.45) is 2.68. The monoisotopic (exact) mass is 273 g/mol. The number of ether oxygens (including phenoxy) is 1. The highest BCUT2D eigenvalue weighted by Crippen LogP contribution is 2.10. The minimum atomic E-state index is 0.560. The van der Waals surface area contributed by atoms with Crippen molar-refractivity contribution in [2.75, 3.05) is 13.2 Å². The molecule has 3 nitrogen and oxygen atoms in total. The van der Waals surface area contributed by atoms with E-state index in [-0.39, 0.29) is 0 Å². The molecule has 1 aromatic heterocycles. The average molecular weight is 273 g/mol. The highest BCUT2D eigenvalue weighted by atomic mass is 16.5. The van der Waals surface area contributed by atoms with Crippen LogP contribution in [0.15, 0.2) is 41.0 Å². The van der Waals surface area contributed by atoms with Gasteiger partial charge in [-0.25, -0.2) is 0 Å². The molecule has 0 aliphatic heterocycles. The average Bonchev–Trinajstić information content (AvgIpc) is 2.93. The van der Waals surface area contributed by atoms with Crippen molar-refractivity contribution >= 4 is 0 Å². The molecule has 0 bridgehead atoms. The number of aryl methyl sites for hydroxylation is 2. The van der Waals surface area contributed by atoms with Crippen molar-refractivity contribution in [3.05, 3.63) is 59.0 Å². The fourth-order valence-electron chi connectivity index (χ4n) is 2.13. The Balaban J connectivity index is 1.55. The fourth-order valence-corrected chi connectivity index (χ4v) is 2.13. The van der Waals surface area contributed by atoms with Crippen molar-refractivity contribution in [3.8, 4) is 0 Å². The highest BCUT2D eigenvalue weighted by molar-refractivity contribution is 5.30. The Morgan fingerprint density at radius 1 is 1.20 bits per heavy atom. The lowest BCUT2D eigenvalue weighted by atomic mass is 10.1. The first-order chi connectivity index (χ1) is 9.75. The lowest BCUT2D eigenvalue weighted by Crippen LogP contribution is -2.17. The van der Waals surface area contributed by atoms with Crippen LogP contribution in [0.1, 0.15) is 28.9 Å². The van der Waals surface area contributed by atoms with Gasteiger partial charge in [-0.05, 0) is 50.1 Å². The smallest absolute Gasteiger partial charge is 0.129 e. The molecule has 0 amide bonds. The first kappa shape index (κ1) is 14.8. The fraction of sp³-hybridized carbons (Fsp3) is 0.412. The second kappa shape index (κ2) is 7.88. The van der Waals surface area contributed by atoms with Crippen LogP contribution in [-0.4, -0.2) is 13.2 Å². The predicted molar refractivity (Wildman–Crippen MR) is 80.6 cm³/mol. The molecule has 2 aromatic rings. The maximum absolute atomic E-state index is 5.54. The summed E-state index contributed by atoms with van der Waals surface area (Å²) < 4.78 is 10.7. The lowest BCUT2D eigenvalue weighted by Gasteiger charge is -2.08. The number of furan rings is 1. The molecule has 1 heterocycles. The Kier molecular flexibility index (Phi) is 5.84. The van der Waals surface area contributed by atoms with Crippen LogP contribution in [0.25, 0.3) is 0 Å². The predicted octanol–water partition coefficient (Wildman–Crippen LogP) is 3.59. The van der Waals surface area contributed by atoms with Gasteiger partial charge in [0.25, 0.3) is 0 Å². The molecule has 0 aliphatic rings. The van der Waals surface area contributed by atoms with Crippen molar-refractivity contribution in [3.63, 3.8) is 0 Å². The normalized spacial score (nSPS) is 10.9. The van der Waals surface area contributed by atoms with Crippen LogP contribution in [0, 0.1) is 13.8 Å². The van der Waals surface area contributed by atoms with Crippen LogP contribution in [0.3, 0.4) is 0 Å². The second-order valence-electron chi connectivity index (χ2n) is 5.09. The van der Waals surface area contributed by atoms with Crippen LogP contribution >= 0.6 is 0 Å². The molecule has 0 unspecified atom stereocenters. The SMILES string of the molecule is Cc1ccc(CNCCCOCc2ccco2)c(C)c1. The van der Waals surface area contributed by atoms with E-state index in [0.717, 1.165) is 31.9 Å².